The van der Waals surface area contributed by atoms with Gasteiger partial charge in [-0.1, -0.05) is 6.92 Å². The van der Waals surface area contributed by atoms with Crippen molar-refractivity contribution in [1.82, 2.24) is 15.2 Å². The van der Waals surface area contributed by atoms with Crippen LogP contribution in [0.15, 0.2) is 22.8 Å². The molecule has 1 unspecified atom stereocenters. The van der Waals surface area contributed by atoms with Crippen molar-refractivity contribution in [3.05, 3.63) is 39.7 Å². The molecular formula is C18H27N3OS. The SMILES string of the molecule is CCC(NC1CCN(Cc2ccco2)CC1)c1nc(C)c(C)s1. The van der Waals surface area contributed by atoms with E-state index >= 15 is 0 Å². The van der Waals surface area contributed by atoms with Gasteiger partial charge in [-0.2, -0.15) is 0 Å². The van der Waals surface area contributed by atoms with Crippen LogP contribution in [0, 0.1) is 13.8 Å². The Bertz CT molecular complexity index is 580. The molecule has 0 radical (unpaired) electrons. The lowest BCUT2D eigenvalue weighted by molar-refractivity contribution is 0.172. The molecule has 126 valence electrons. The third-order valence-electron chi connectivity index (χ3n) is 4.74. The number of nitrogens with one attached hydrogen (secondary N) is 1. The molecule has 3 heterocycles. The number of piperidine rings is 1. The van der Waals surface area contributed by atoms with E-state index in [0.29, 0.717) is 12.1 Å². The Balaban J connectivity index is 1.51. The third-order valence-corrected chi connectivity index (χ3v) is 5.92. The maximum absolute atomic E-state index is 5.45. The van der Waals surface area contributed by atoms with Crippen molar-refractivity contribution in [1.29, 1.82) is 0 Å². The maximum atomic E-state index is 5.45. The zero-order chi connectivity index (χ0) is 16.2. The van der Waals surface area contributed by atoms with Crippen molar-refractivity contribution < 1.29 is 4.42 Å². The molecule has 0 aliphatic carbocycles. The van der Waals surface area contributed by atoms with Crippen LogP contribution in [0.3, 0.4) is 0 Å². The van der Waals surface area contributed by atoms with Crippen molar-refractivity contribution in [2.24, 2.45) is 0 Å². The fourth-order valence-corrected chi connectivity index (χ4v) is 4.24. The van der Waals surface area contributed by atoms with Crippen molar-refractivity contribution >= 4 is 11.3 Å². The highest BCUT2D eigenvalue weighted by Gasteiger charge is 2.23. The van der Waals surface area contributed by atoms with E-state index in [9.17, 15) is 0 Å². The molecule has 0 saturated carbocycles. The molecule has 0 amide bonds. The van der Waals surface area contributed by atoms with Gasteiger partial charge >= 0.3 is 0 Å². The first kappa shape index (κ1) is 16.7. The molecule has 1 N–H and O–H groups in total. The smallest absolute Gasteiger partial charge is 0.117 e. The molecule has 0 aromatic carbocycles. The van der Waals surface area contributed by atoms with E-state index < -0.39 is 0 Å². The van der Waals surface area contributed by atoms with Crippen molar-refractivity contribution in [3.8, 4) is 0 Å². The van der Waals surface area contributed by atoms with E-state index in [4.69, 9.17) is 9.40 Å². The topological polar surface area (TPSA) is 41.3 Å². The number of aryl methyl sites for hydroxylation is 2. The van der Waals surface area contributed by atoms with Crippen molar-refractivity contribution in [3.63, 3.8) is 0 Å². The minimum atomic E-state index is 0.397. The van der Waals surface area contributed by atoms with E-state index in [1.807, 2.05) is 17.4 Å². The van der Waals surface area contributed by atoms with Gasteiger partial charge in [0.05, 0.1) is 24.5 Å². The van der Waals surface area contributed by atoms with E-state index in [-0.39, 0.29) is 0 Å². The number of nitrogens with zero attached hydrogens (tertiary/aromatic N) is 2. The average molecular weight is 334 g/mol. The number of hydrogen-bond donors (Lipinski definition) is 1. The summed E-state index contributed by atoms with van der Waals surface area (Å²) in [4.78, 5) is 8.57. The minimum absolute atomic E-state index is 0.397. The average Bonchev–Trinajstić information content (AvgIpc) is 3.17. The van der Waals surface area contributed by atoms with Crippen LogP contribution >= 0.6 is 11.3 Å². The predicted octanol–water partition coefficient (Wildman–Crippen LogP) is 4.06. The van der Waals surface area contributed by atoms with Crippen molar-refractivity contribution in [2.45, 2.75) is 58.7 Å². The summed E-state index contributed by atoms with van der Waals surface area (Å²) in [5, 5.41) is 5.09. The van der Waals surface area contributed by atoms with Crippen LogP contribution in [0.25, 0.3) is 0 Å². The second kappa shape index (κ2) is 7.60. The van der Waals surface area contributed by atoms with Crippen LogP contribution in [-0.2, 0) is 6.54 Å². The maximum Gasteiger partial charge on any atom is 0.117 e. The van der Waals surface area contributed by atoms with Gasteiger partial charge < -0.3 is 9.73 Å². The Hall–Kier alpha value is -1.17. The number of aromatic nitrogens is 1. The summed E-state index contributed by atoms with van der Waals surface area (Å²) in [6.07, 6.45) is 5.24. The largest absolute Gasteiger partial charge is 0.468 e. The molecule has 1 fully saturated rings. The lowest BCUT2D eigenvalue weighted by Gasteiger charge is -2.33. The minimum Gasteiger partial charge on any atom is -0.468 e. The van der Waals surface area contributed by atoms with Crippen LogP contribution < -0.4 is 5.32 Å². The highest BCUT2D eigenvalue weighted by atomic mass is 32.1. The summed E-state index contributed by atoms with van der Waals surface area (Å²) in [6.45, 7) is 9.71. The monoisotopic (exact) mass is 333 g/mol. The van der Waals surface area contributed by atoms with Crippen LogP contribution in [0.2, 0.25) is 0 Å². The second-order valence-electron chi connectivity index (χ2n) is 6.45. The van der Waals surface area contributed by atoms with Gasteiger partial charge in [0.1, 0.15) is 10.8 Å². The van der Waals surface area contributed by atoms with Crippen LogP contribution in [0.4, 0.5) is 0 Å². The van der Waals surface area contributed by atoms with Crippen LogP contribution in [0.5, 0.6) is 0 Å². The zero-order valence-electron chi connectivity index (χ0n) is 14.3. The first-order valence-electron chi connectivity index (χ1n) is 8.60. The molecule has 23 heavy (non-hydrogen) atoms. The van der Waals surface area contributed by atoms with Gasteiger partial charge in [-0.3, -0.25) is 4.90 Å². The molecule has 4 nitrogen and oxygen atoms in total. The molecular weight excluding hydrogens is 306 g/mol. The molecule has 1 saturated heterocycles. The van der Waals surface area contributed by atoms with E-state index in [1.165, 1.54) is 28.4 Å². The molecule has 0 spiro atoms. The Labute approximate surface area is 142 Å². The summed E-state index contributed by atoms with van der Waals surface area (Å²) < 4.78 is 5.45. The quantitative estimate of drug-likeness (QED) is 0.865. The predicted molar refractivity (Wildman–Crippen MR) is 94.8 cm³/mol. The van der Waals surface area contributed by atoms with E-state index in [0.717, 1.165) is 31.8 Å². The zero-order valence-corrected chi connectivity index (χ0v) is 15.2. The molecule has 2 aromatic rings. The summed E-state index contributed by atoms with van der Waals surface area (Å²) in [5.41, 5.74) is 1.18. The number of thiazole rings is 1. The van der Waals surface area contributed by atoms with Crippen LogP contribution in [0.1, 0.15) is 53.6 Å². The molecule has 5 heteroatoms. The second-order valence-corrected chi connectivity index (χ2v) is 7.69. The molecule has 1 aliphatic rings. The Morgan fingerprint density at radius 3 is 2.74 bits per heavy atom. The highest BCUT2D eigenvalue weighted by molar-refractivity contribution is 7.11. The van der Waals surface area contributed by atoms with Crippen molar-refractivity contribution in [2.75, 3.05) is 13.1 Å². The van der Waals surface area contributed by atoms with Gasteiger partial charge in [0.25, 0.3) is 0 Å². The Kier molecular flexibility index (Phi) is 5.51. The number of rotatable bonds is 6. The summed E-state index contributed by atoms with van der Waals surface area (Å²) >= 11 is 1.84. The summed E-state index contributed by atoms with van der Waals surface area (Å²) in [5.74, 6) is 1.07. The number of furan rings is 1. The van der Waals surface area contributed by atoms with E-state index in [1.54, 1.807) is 6.26 Å². The van der Waals surface area contributed by atoms with E-state index in [2.05, 4.69) is 37.1 Å². The Morgan fingerprint density at radius 2 is 2.17 bits per heavy atom. The lowest BCUT2D eigenvalue weighted by Crippen LogP contribution is -2.43. The number of likely N-dealkylation sites (tertiary alicyclic amines) is 1. The molecule has 1 atom stereocenters. The number of hydrogen-bond acceptors (Lipinski definition) is 5. The van der Waals surface area contributed by atoms with Gasteiger partial charge in [0.2, 0.25) is 0 Å². The van der Waals surface area contributed by atoms with Gasteiger partial charge in [0, 0.05) is 24.0 Å². The lowest BCUT2D eigenvalue weighted by atomic mass is 10.0. The standard InChI is InChI=1S/C18H27N3OS/c1-4-17(18-19-13(2)14(3)23-18)20-15-7-9-21(10-8-15)12-16-6-5-11-22-16/h5-6,11,15,17,20H,4,7-10,12H2,1-3H3. The fraction of sp³-hybridized carbons (Fsp3) is 0.611. The van der Waals surface area contributed by atoms with Gasteiger partial charge in [-0.25, -0.2) is 4.98 Å². The Morgan fingerprint density at radius 1 is 1.39 bits per heavy atom. The third kappa shape index (κ3) is 4.22. The normalized spacial score (nSPS) is 18.4. The molecule has 2 aromatic heterocycles. The fourth-order valence-electron chi connectivity index (χ4n) is 3.18. The summed E-state index contributed by atoms with van der Waals surface area (Å²) in [7, 11) is 0. The first-order chi connectivity index (χ1) is 11.2. The summed E-state index contributed by atoms with van der Waals surface area (Å²) in [6, 6.07) is 5.02. The highest BCUT2D eigenvalue weighted by Crippen LogP contribution is 2.26. The van der Waals surface area contributed by atoms with Gasteiger partial charge in [-0.05, 0) is 45.2 Å². The first-order valence-corrected chi connectivity index (χ1v) is 9.42. The van der Waals surface area contributed by atoms with Gasteiger partial charge in [0.15, 0.2) is 0 Å². The molecule has 3 rings (SSSR count). The van der Waals surface area contributed by atoms with Crippen LogP contribution in [-0.4, -0.2) is 29.0 Å². The van der Waals surface area contributed by atoms with Gasteiger partial charge in [-0.15, -0.1) is 11.3 Å². The molecule has 1 aliphatic heterocycles. The molecule has 0 bridgehead atoms.